The fourth-order valence-electron chi connectivity index (χ4n) is 4.13. The molecular weight excluding hydrogens is 522 g/mol. The molecule has 1 amide bonds. The maximum absolute atomic E-state index is 13.7. The minimum atomic E-state index is -3.99. The third kappa shape index (κ3) is 5.48. The summed E-state index contributed by atoms with van der Waals surface area (Å²) in [5, 5.41) is 8.96. The lowest BCUT2D eigenvalue weighted by atomic mass is 10.0. The zero-order valence-electron chi connectivity index (χ0n) is 21.0. The quantitative estimate of drug-likeness (QED) is 0.298. The SMILES string of the molecule is Cc1ccc(-c2cc3sc(C(C(=O)NCc4nnc(C)o4)S(=O)(=O)Cc4ccccc4)nc3cc2C)cn1. The normalized spacial score (nSPS) is 12.5. The van der Waals surface area contributed by atoms with Gasteiger partial charge >= 0.3 is 0 Å². The highest BCUT2D eigenvalue weighted by molar-refractivity contribution is 7.91. The van der Waals surface area contributed by atoms with Crippen molar-refractivity contribution in [3.05, 3.63) is 94.4 Å². The molecule has 38 heavy (non-hydrogen) atoms. The number of pyridine rings is 1. The van der Waals surface area contributed by atoms with Crippen LogP contribution in [0.25, 0.3) is 21.3 Å². The summed E-state index contributed by atoms with van der Waals surface area (Å²) in [5.74, 6) is -0.466. The van der Waals surface area contributed by atoms with E-state index in [-0.39, 0.29) is 23.2 Å². The lowest BCUT2D eigenvalue weighted by Crippen LogP contribution is -2.34. The van der Waals surface area contributed by atoms with Crippen LogP contribution in [0.4, 0.5) is 0 Å². The summed E-state index contributed by atoms with van der Waals surface area (Å²) in [6.07, 6.45) is 1.81. The monoisotopic (exact) mass is 547 g/mol. The molecule has 5 aromatic rings. The van der Waals surface area contributed by atoms with Crippen LogP contribution in [0, 0.1) is 20.8 Å². The van der Waals surface area contributed by atoms with Crippen molar-refractivity contribution in [1.29, 1.82) is 0 Å². The summed E-state index contributed by atoms with van der Waals surface area (Å²) in [5.41, 5.74) is 5.03. The predicted molar refractivity (Wildman–Crippen MR) is 145 cm³/mol. The Kier molecular flexibility index (Phi) is 7.04. The lowest BCUT2D eigenvalue weighted by molar-refractivity contribution is -0.121. The number of amides is 1. The minimum absolute atomic E-state index is 0.0917. The first-order valence-electron chi connectivity index (χ1n) is 11.9. The minimum Gasteiger partial charge on any atom is -0.424 e. The molecule has 3 aromatic heterocycles. The number of aryl methyl sites for hydroxylation is 3. The zero-order valence-corrected chi connectivity index (χ0v) is 22.6. The van der Waals surface area contributed by atoms with Gasteiger partial charge in [-0.3, -0.25) is 9.78 Å². The van der Waals surface area contributed by atoms with Crippen molar-refractivity contribution in [3.8, 4) is 11.1 Å². The summed E-state index contributed by atoms with van der Waals surface area (Å²) in [7, 11) is -3.99. The molecule has 0 saturated heterocycles. The summed E-state index contributed by atoms with van der Waals surface area (Å²) < 4.78 is 33.4. The van der Waals surface area contributed by atoms with E-state index in [1.54, 1.807) is 31.2 Å². The molecule has 1 unspecified atom stereocenters. The molecule has 0 saturated carbocycles. The molecule has 0 aliphatic heterocycles. The van der Waals surface area contributed by atoms with E-state index in [0.29, 0.717) is 17.0 Å². The number of nitrogens with one attached hydrogen (secondary N) is 1. The number of nitrogens with zero attached hydrogens (tertiary/aromatic N) is 4. The van der Waals surface area contributed by atoms with Gasteiger partial charge in [0.15, 0.2) is 15.1 Å². The van der Waals surface area contributed by atoms with Gasteiger partial charge in [-0.2, -0.15) is 0 Å². The number of thiazole rings is 1. The Bertz CT molecular complexity index is 1710. The number of carbonyl (C=O) groups is 1. The van der Waals surface area contributed by atoms with Gasteiger partial charge in [0, 0.05) is 24.4 Å². The van der Waals surface area contributed by atoms with Gasteiger partial charge in [0.05, 0.1) is 22.5 Å². The molecule has 0 aliphatic rings. The van der Waals surface area contributed by atoms with E-state index < -0.39 is 21.0 Å². The summed E-state index contributed by atoms with van der Waals surface area (Å²) in [6.45, 7) is 5.44. The Morgan fingerprint density at radius 3 is 2.53 bits per heavy atom. The van der Waals surface area contributed by atoms with Crippen LogP contribution in [-0.2, 0) is 26.9 Å². The van der Waals surface area contributed by atoms with Gasteiger partial charge in [-0.1, -0.05) is 36.4 Å². The van der Waals surface area contributed by atoms with Crippen molar-refractivity contribution in [2.24, 2.45) is 0 Å². The van der Waals surface area contributed by atoms with Crippen LogP contribution in [0.15, 0.2) is 65.2 Å². The number of hydrogen-bond acceptors (Lipinski definition) is 9. The third-order valence-corrected chi connectivity index (χ3v) is 9.11. The molecule has 3 heterocycles. The van der Waals surface area contributed by atoms with E-state index in [4.69, 9.17) is 4.42 Å². The molecule has 1 atom stereocenters. The Morgan fingerprint density at radius 2 is 1.84 bits per heavy atom. The first-order chi connectivity index (χ1) is 18.2. The summed E-state index contributed by atoms with van der Waals surface area (Å²) >= 11 is 1.19. The van der Waals surface area contributed by atoms with Crippen LogP contribution in [0.1, 0.15) is 38.9 Å². The molecule has 2 aromatic carbocycles. The second kappa shape index (κ2) is 10.4. The molecule has 0 bridgehead atoms. The van der Waals surface area contributed by atoms with Crippen LogP contribution < -0.4 is 5.32 Å². The predicted octanol–water partition coefficient (Wildman–Crippen LogP) is 4.64. The molecule has 0 radical (unpaired) electrons. The van der Waals surface area contributed by atoms with Gasteiger partial charge < -0.3 is 9.73 Å². The Labute approximate surface area is 223 Å². The van der Waals surface area contributed by atoms with Gasteiger partial charge in [-0.05, 0) is 48.7 Å². The molecule has 11 heteroatoms. The van der Waals surface area contributed by atoms with Crippen molar-refractivity contribution in [3.63, 3.8) is 0 Å². The van der Waals surface area contributed by atoms with Gasteiger partial charge in [0.1, 0.15) is 5.01 Å². The maximum Gasteiger partial charge on any atom is 0.245 e. The van der Waals surface area contributed by atoms with Crippen LogP contribution in [0.2, 0.25) is 0 Å². The molecule has 0 spiro atoms. The molecule has 0 aliphatic carbocycles. The molecule has 9 nitrogen and oxygen atoms in total. The van der Waals surface area contributed by atoms with Crippen molar-refractivity contribution < 1.29 is 17.6 Å². The lowest BCUT2D eigenvalue weighted by Gasteiger charge is -2.15. The molecule has 5 rings (SSSR count). The van der Waals surface area contributed by atoms with Crippen molar-refractivity contribution >= 4 is 37.3 Å². The van der Waals surface area contributed by atoms with E-state index in [1.807, 2.05) is 50.4 Å². The largest absolute Gasteiger partial charge is 0.424 e. The number of fused-ring (bicyclic) bond motifs is 1. The highest BCUT2D eigenvalue weighted by atomic mass is 32.2. The van der Waals surface area contributed by atoms with Gasteiger partial charge in [-0.15, -0.1) is 21.5 Å². The number of hydrogen-bond donors (Lipinski definition) is 1. The third-order valence-electron chi connectivity index (χ3n) is 5.99. The first-order valence-corrected chi connectivity index (χ1v) is 14.4. The summed E-state index contributed by atoms with van der Waals surface area (Å²) in [6, 6.07) is 16.6. The van der Waals surface area contributed by atoms with Gasteiger partial charge in [0.2, 0.25) is 17.7 Å². The zero-order chi connectivity index (χ0) is 26.9. The number of aromatic nitrogens is 4. The molecular formula is C27H25N5O4S2. The maximum atomic E-state index is 13.7. The first kappa shape index (κ1) is 25.7. The topological polar surface area (TPSA) is 128 Å². The van der Waals surface area contributed by atoms with E-state index in [2.05, 4.69) is 25.5 Å². The number of sulfone groups is 1. The van der Waals surface area contributed by atoms with Crippen molar-refractivity contribution in [2.75, 3.05) is 0 Å². The smallest absolute Gasteiger partial charge is 0.245 e. The second-order valence-electron chi connectivity index (χ2n) is 8.98. The van der Waals surface area contributed by atoms with Gasteiger partial charge in [0.25, 0.3) is 0 Å². The van der Waals surface area contributed by atoms with Crippen molar-refractivity contribution in [1.82, 2.24) is 25.5 Å². The fourth-order valence-corrected chi connectivity index (χ4v) is 7.28. The molecule has 1 N–H and O–H groups in total. The van der Waals surface area contributed by atoms with E-state index >= 15 is 0 Å². The fraction of sp³-hybridized carbons (Fsp3) is 0.222. The standard InChI is InChI=1S/C27H25N5O4S2/c1-16-11-22-23(12-21(16)20-10-9-17(2)28-13-20)37-27(30-22)25(26(33)29-14-24-32-31-18(3)36-24)38(34,35)15-19-7-5-4-6-8-19/h4-13,25H,14-15H2,1-3H3,(H,29,33). The molecule has 0 fully saturated rings. The Morgan fingerprint density at radius 1 is 1.05 bits per heavy atom. The highest BCUT2D eigenvalue weighted by Gasteiger charge is 2.37. The highest BCUT2D eigenvalue weighted by Crippen LogP contribution is 2.36. The van der Waals surface area contributed by atoms with Crippen LogP contribution in [-0.4, -0.2) is 34.5 Å². The van der Waals surface area contributed by atoms with E-state index in [0.717, 1.165) is 27.1 Å². The van der Waals surface area contributed by atoms with Crippen molar-refractivity contribution in [2.45, 2.75) is 38.3 Å². The Hall–Kier alpha value is -3.96. The number of carbonyl (C=O) groups excluding carboxylic acids is 1. The van der Waals surface area contributed by atoms with Crippen LogP contribution >= 0.6 is 11.3 Å². The van der Waals surface area contributed by atoms with E-state index in [1.165, 1.54) is 11.3 Å². The number of rotatable bonds is 8. The van der Waals surface area contributed by atoms with Crippen LogP contribution in [0.5, 0.6) is 0 Å². The second-order valence-corrected chi connectivity index (χ2v) is 12.1. The number of benzene rings is 2. The van der Waals surface area contributed by atoms with Gasteiger partial charge in [-0.25, -0.2) is 13.4 Å². The van der Waals surface area contributed by atoms with E-state index in [9.17, 15) is 13.2 Å². The summed E-state index contributed by atoms with van der Waals surface area (Å²) in [4.78, 5) is 22.4. The van der Waals surface area contributed by atoms with Crippen LogP contribution in [0.3, 0.4) is 0 Å². The average molecular weight is 548 g/mol. The molecule has 194 valence electrons. The Balaban J connectivity index is 1.53. The average Bonchev–Trinajstić information content (AvgIpc) is 3.48.